The number of carboxylic acid groups (broad SMARTS) is 1. The van der Waals surface area contributed by atoms with Crippen molar-refractivity contribution in [2.24, 2.45) is 11.8 Å². The molecule has 2 rings (SSSR count). The third-order valence-electron chi connectivity index (χ3n) is 5.86. The second-order valence-corrected chi connectivity index (χ2v) is 7.66. The summed E-state index contributed by atoms with van der Waals surface area (Å²) < 4.78 is 0. The molecule has 2 aliphatic carbocycles. The molecule has 0 radical (unpaired) electrons. The van der Waals surface area contributed by atoms with Crippen molar-refractivity contribution in [2.75, 3.05) is 6.54 Å². The molecule has 25 heavy (non-hydrogen) atoms. The van der Waals surface area contributed by atoms with Gasteiger partial charge in [-0.25, -0.2) is 0 Å². The molecule has 142 valence electrons. The fourth-order valence-corrected chi connectivity index (χ4v) is 4.04. The average Bonchev–Trinajstić information content (AvgIpc) is 3.13. The van der Waals surface area contributed by atoms with Gasteiger partial charge in [-0.3, -0.25) is 14.4 Å². The van der Waals surface area contributed by atoms with Gasteiger partial charge in [0.2, 0.25) is 11.8 Å². The zero-order valence-electron chi connectivity index (χ0n) is 15.5. The Balaban J connectivity index is 1.83. The predicted octanol–water partition coefficient (Wildman–Crippen LogP) is 2.56. The van der Waals surface area contributed by atoms with Crippen molar-refractivity contribution < 1.29 is 19.5 Å². The van der Waals surface area contributed by atoms with E-state index in [1.807, 2.05) is 13.8 Å². The van der Waals surface area contributed by atoms with Gasteiger partial charge in [0.1, 0.15) is 6.54 Å². The molecule has 0 aromatic rings. The summed E-state index contributed by atoms with van der Waals surface area (Å²) in [5.41, 5.74) is 0. The lowest BCUT2D eigenvalue weighted by atomic mass is 9.84. The van der Waals surface area contributed by atoms with E-state index in [1.165, 1.54) is 4.90 Å². The highest BCUT2D eigenvalue weighted by Crippen LogP contribution is 2.29. The molecule has 0 heterocycles. The highest BCUT2D eigenvalue weighted by Gasteiger charge is 2.33. The van der Waals surface area contributed by atoms with Crippen LogP contribution in [0.2, 0.25) is 0 Å². The van der Waals surface area contributed by atoms with Crippen molar-refractivity contribution >= 4 is 17.8 Å². The van der Waals surface area contributed by atoms with Crippen LogP contribution in [-0.4, -0.2) is 46.4 Å². The number of aliphatic carboxylic acids is 1. The number of carbonyl (C=O) groups is 3. The maximum absolute atomic E-state index is 12.7. The summed E-state index contributed by atoms with van der Waals surface area (Å²) in [5.74, 6) is -0.772. The minimum absolute atomic E-state index is 0.0441. The Morgan fingerprint density at radius 2 is 1.64 bits per heavy atom. The van der Waals surface area contributed by atoms with E-state index < -0.39 is 5.97 Å². The minimum atomic E-state index is -0.967. The van der Waals surface area contributed by atoms with Gasteiger partial charge in [-0.15, -0.1) is 0 Å². The summed E-state index contributed by atoms with van der Waals surface area (Å²) in [6, 6.07) is 0.0945. The van der Waals surface area contributed by atoms with Crippen molar-refractivity contribution in [1.82, 2.24) is 10.2 Å². The number of nitrogens with one attached hydrogen (secondary N) is 1. The number of carboxylic acids is 1. The van der Waals surface area contributed by atoms with E-state index in [-0.39, 0.29) is 42.3 Å². The Labute approximate surface area is 150 Å². The van der Waals surface area contributed by atoms with Crippen molar-refractivity contribution in [1.29, 1.82) is 0 Å². The minimum Gasteiger partial charge on any atom is -0.480 e. The number of carbonyl (C=O) groups excluding carboxylic acids is 2. The molecular formula is C19H32N2O4. The summed E-state index contributed by atoms with van der Waals surface area (Å²) in [6.07, 6.45) is 8.08. The molecule has 0 spiro atoms. The molecule has 6 nitrogen and oxygen atoms in total. The normalized spacial score (nSPS) is 25.4. The monoisotopic (exact) mass is 352 g/mol. The van der Waals surface area contributed by atoms with Crippen LogP contribution in [0.3, 0.4) is 0 Å². The van der Waals surface area contributed by atoms with Gasteiger partial charge in [-0.2, -0.15) is 0 Å². The fourth-order valence-electron chi connectivity index (χ4n) is 4.04. The molecular weight excluding hydrogens is 320 g/mol. The SMILES string of the molecule is CCC(C)N(CC(=O)O)C(=O)C1CCC(NC(=O)C2CCCC2)CC1. The molecule has 6 heteroatoms. The molecule has 2 fully saturated rings. The second-order valence-electron chi connectivity index (χ2n) is 7.66. The summed E-state index contributed by atoms with van der Waals surface area (Å²) in [4.78, 5) is 37.6. The Kier molecular flexibility index (Phi) is 7.26. The van der Waals surface area contributed by atoms with Gasteiger partial charge in [0.15, 0.2) is 0 Å². The Hall–Kier alpha value is -1.59. The first-order valence-corrected chi connectivity index (χ1v) is 9.75. The lowest BCUT2D eigenvalue weighted by molar-refractivity contribution is -0.148. The van der Waals surface area contributed by atoms with E-state index in [9.17, 15) is 14.4 Å². The molecule has 2 saturated carbocycles. The molecule has 0 aromatic heterocycles. The van der Waals surface area contributed by atoms with Crippen LogP contribution in [0.25, 0.3) is 0 Å². The van der Waals surface area contributed by atoms with E-state index in [1.54, 1.807) is 0 Å². The summed E-state index contributed by atoms with van der Waals surface area (Å²) in [7, 11) is 0. The molecule has 0 aliphatic heterocycles. The van der Waals surface area contributed by atoms with Crippen molar-refractivity contribution in [3.05, 3.63) is 0 Å². The first kappa shape index (κ1) is 19.7. The van der Waals surface area contributed by atoms with Crippen LogP contribution in [0.1, 0.15) is 71.6 Å². The average molecular weight is 352 g/mol. The van der Waals surface area contributed by atoms with E-state index in [2.05, 4.69) is 5.32 Å². The van der Waals surface area contributed by atoms with Crippen LogP contribution in [-0.2, 0) is 14.4 Å². The van der Waals surface area contributed by atoms with Crippen LogP contribution in [0.4, 0.5) is 0 Å². The molecule has 1 atom stereocenters. The molecule has 1 unspecified atom stereocenters. The Bertz CT molecular complexity index is 480. The van der Waals surface area contributed by atoms with Gasteiger partial charge >= 0.3 is 5.97 Å². The van der Waals surface area contributed by atoms with Gasteiger partial charge in [0.25, 0.3) is 0 Å². The number of hydrogen-bond donors (Lipinski definition) is 2. The van der Waals surface area contributed by atoms with E-state index in [0.717, 1.165) is 57.8 Å². The molecule has 2 N–H and O–H groups in total. The lowest BCUT2D eigenvalue weighted by Crippen LogP contribution is -2.47. The third-order valence-corrected chi connectivity index (χ3v) is 5.86. The maximum Gasteiger partial charge on any atom is 0.323 e. The Morgan fingerprint density at radius 1 is 1.04 bits per heavy atom. The van der Waals surface area contributed by atoms with E-state index in [0.29, 0.717) is 0 Å². The van der Waals surface area contributed by atoms with Crippen LogP contribution in [0.15, 0.2) is 0 Å². The molecule has 0 saturated heterocycles. The smallest absolute Gasteiger partial charge is 0.323 e. The second kappa shape index (κ2) is 9.20. The number of rotatable bonds is 7. The fraction of sp³-hybridized carbons (Fsp3) is 0.842. The summed E-state index contributed by atoms with van der Waals surface area (Å²) in [6.45, 7) is 3.63. The third kappa shape index (κ3) is 5.44. The first-order valence-electron chi connectivity index (χ1n) is 9.75. The van der Waals surface area contributed by atoms with Gasteiger partial charge in [0, 0.05) is 23.9 Å². The first-order chi connectivity index (χ1) is 11.9. The van der Waals surface area contributed by atoms with Crippen LogP contribution >= 0.6 is 0 Å². The number of nitrogens with zero attached hydrogens (tertiary/aromatic N) is 1. The Morgan fingerprint density at radius 3 is 2.16 bits per heavy atom. The van der Waals surface area contributed by atoms with Gasteiger partial charge in [-0.05, 0) is 51.9 Å². The number of hydrogen-bond acceptors (Lipinski definition) is 3. The quantitative estimate of drug-likeness (QED) is 0.737. The highest BCUT2D eigenvalue weighted by molar-refractivity contribution is 5.83. The largest absolute Gasteiger partial charge is 0.480 e. The predicted molar refractivity (Wildman–Crippen MR) is 94.9 cm³/mol. The number of amides is 2. The van der Waals surface area contributed by atoms with Crippen molar-refractivity contribution in [2.45, 2.75) is 83.7 Å². The molecule has 2 aliphatic rings. The van der Waals surface area contributed by atoms with E-state index >= 15 is 0 Å². The lowest BCUT2D eigenvalue weighted by Gasteiger charge is -2.34. The van der Waals surface area contributed by atoms with E-state index in [4.69, 9.17) is 5.11 Å². The van der Waals surface area contributed by atoms with Crippen LogP contribution in [0, 0.1) is 11.8 Å². The molecule has 0 bridgehead atoms. The summed E-state index contributed by atoms with van der Waals surface area (Å²) >= 11 is 0. The van der Waals surface area contributed by atoms with Crippen molar-refractivity contribution in [3.63, 3.8) is 0 Å². The van der Waals surface area contributed by atoms with Gasteiger partial charge < -0.3 is 15.3 Å². The zero-order chi connectivity index (χ0) is 18.4. The van der Waals surface area contributed by atoms with Gasteiger partial charge in [-0.1, -0.05) is 19.8 Å². The van der Waals surface area contributed by atoms with Crippen LogP contribution in [0.5, 0.6) is 0 Å². The van der Waals surface area contributed by atoms with Crippen molar-refractivity contribution in [3.8, 4) is 0 Å². The molecule has 0 aromatic carbocycles. The maximum atomic E-state index is 12.7. The topological polar surface area (TPSA) is 86.7 Å². The highest BCUT2D eigenvalue weighted by atomic mass is 16.4. The summed E-state index contributed by atoms with van der Waals surface area (Å²) in [5, 5.41) is 12.2. The van der Waals surface area contributed by atoms with Crippen LogP contribution < -0.4 is 5.32 Å². The molecule has 2 amide bonds. The van der Waals surface area contributed by atoms with Gasteiger partial charge in [0.05, 0.1) is 0 Å². The standard InChI is InChI=1S/C19H32N2O4/c1-3-13(2)21(12-17(22)23)19(25)15-8-10-16(11-9-15)20-18(24)14-6-4-5-7-14/h13-16H,3-12H2,1-2H3,(H,20,24)(H,22,23). The zero-order valence-corrected chi connectivity index (χ0v) is 15.5.